The number of guanidine groups is 1. The van der Waals surface area contributed by atoms with E-state index in [1.165, 1.54) is 32.4 Å². The third-order valence-corrected chi connectivity index (χ3v) is 6.21. The Bertz CT molecular complexity index is 567. The molecule has 2 fully saturated rings. The molecule has 1 N–H and O–H groups in total. The van der Waals surface area contributed by atoms with Crippen LogP contribution in [0.2, 0.25) is 0 Å². The maximum atomic E-state index is 5.19. The first kappa shape index (κ1) is 20.1. The highest BCUT2D eigenvalue weighted by Crippen LogP contribution is 2.27. The van der Waals surface area contributed by atoms with E-state index in [4.69, 9.17) is 4.74 Å². The van der Waals surface area contributed by atoms with Crippen molar-refractivity contribution >= 4 is 5.96 Å². The zero-order chi connectivity index (χ0) is 19.1. The molecule has 152 valence electrons. The lowest BCUT2D eigenvalue weighted by Crippen LogP contribution is -2.50. The van der Waals surface area contributed by atoms with Crippen molar-refractivity contribution in [3.63, 3.8) is 0 Å². The summed E-state index contributed by atoms with van der Waals surface area (Å²) in [7, 11) is 3.68. The van der Waals surface area contributed by atoms with Crippen molar-refractivity contribution in [2.24, 2.45) is 16.8 Å². The summed E-state index contributed by atoms with van der Waals surface area (Å²) in [6.07, 6.45) is 9.58. The number of likely N-dealkylation sites (tertiary alicyclic amines) is 2. The van der Waals surface area contributed by atoms with Gasteiger partial charge in [-0.25, -0.2) is 4.98 Å². The Morgan fingerprint density at radius 3 is 2.74 bits per heavy atom. The van der Waals surface area contributed by atoms with E-state index in [0.29, 0.717) is 12.0 Å². The van der Waals surface area contributed by atoms with Crippen molar-refractivity contribution in [2.45, 2.75) is 32.2 Å². The summed E-state index contributed by atoms with van der Waals surface area (Å²) in [6.45, 7) is 9.67. The average Bonchev–Trinajstić information content (AvgIpc) is 3.23. The van der Waals surface area contributed by atoms with Gasteiger partial charge in [0.15, 0.2) is 5.96 Å². The van der Waals surface area contributed by atoms with Gasteiger partial charge in [-0.1, -0.05) is 6.92 Å². The van der Waals surface area contributed by atoms with Crippen LogP contribution in [0.1, 0.15) is 32.2 Å². The van der Waals surface area contributed by atoms with Crippen molar-refractivity contribution < 1.29 is 4.74 Å². The molecule has 2 saturated heterocycles. The van der Waals surface area contributed by atoms with Crippen LogP contribution in [0.25, 0.3) is 0 Å². The van der Waals surface area contributed by atoms with Crippen LogP contribution in [0.15, 0.2) is 23.7 Å². The van der Waals surface area contributed by atoms with Crippen LogP contribution >= 0.6 is 0 Å². The first-order chi connectivity index (χ1) is 13.2. The molecule has 1 aromatic heterocycles. The number of ether oxygens (including phenoxy) is 1. The predicted molar refractivity (Wildman–Crippen MR) is 109 cm³/mol. The van der Waals surface area contributed by atoms with Gasteiger partial charge >= 0.3 is 0 Å². The van der Waals surface area contributed by atoms with Crippen molar-refractivity contribution in [1.82, 2.24) is 24.7 Å². The summed E-state index contributed by atoms with van der Waals surface area (Å²) in [4.78, 5) is 13.7. The van der Waals surface area contributed by atoms with Gasteiger partial charge in [0.05, 0.1) is 19.0 Å². The predicted octanol–water partition coefficient (Wildman–Crippen LogP) is 1.70. The first-order valence-electron chi connectivity index (χ1n) is 10.4. The maximum absolute atomic E-state index is 5.19. The third-order valence-electron chi connectivity index (χ3n) is 6.21. The van der Waals surface area contributed by atoms with Crippen LogP contribution < -0.4 is 5.32 Å². The molecule has 7 nitrogen and oxygen atoms in total. The molecule has 0 spiro atoms. The molecule has 7 heteroatoms. The lowest BCUT2D eigenvalue weighted by atomic mass is 9.93. The van der Waals surface area contributed by atoms with Crippen molar-refractivity contribution in [1.29, 1.82) is 0 Å². The smallest absolute Gasteiger partial charge is 0.193 e. The number of nitrogens with zero attached hydrogens (tertiary/aromatic N) is 5. The molecule has 2 atom stereocenters. The van der Waals surface area contributed by atoms with Gasteiger partial charge in [-0.05, 0) is 44.2 Å². The summed E-state index contributed by atoms with van der Waals surface area (Å²) < 4.78 is 7.44. The number of hydrogen-bond donors (Lipinski definition) is 1. The molecule has 3 rings (SSSR count). The number of piperidine rings is 2. The normalized spacial score (nSPS) is 25.7. The van der Waals surface area contributed by atoms with E-state index in [-0.39, 0.29) is 0 Å². The molecule has 0 aliphatic carbocycles. The third kappa shape index (κ3) is 5.45. The molecule has 2 unspecified atom stereocenters. The van der Waals surface area contributed by atoms with Crippen molar-refractivity contribution in [2.75, 3.05) is 60.0 Å². The molecule has 2 aliphatic rings. The van der Waals surface area contributed by atoms with Gasteiger partial charge in [0.1, 0.15) is 0 Å². The van der Waals surface area contributed by atoms with Gasteiger partial charge < -0.3 is 24.4 Å². The molecule has 27 heavy (non-hydrogen) atoms. The lowest BCUT2D eigenvalue weighted by molar-refractivity contribution is 0.120. The van der Waals surface area contributed by atoms with E-state index >= 15 is 0 Å². The van der Waals surface area contributed by atoms with Gasteiger partial charge in [0.25, 0.3) is 0 Å². The van der Waals surface area contributed by atoms with Gasteiger partial charge in [0.2, 0.25) is 0 Å². The quantitative estimate of drug-likeness (QED) is 0.605. The highest BCUT2D eigenvalue weighted by molar-refractivity contribution is 5.80. The first-order valence-corrected chi connectivity index (χ1v) is 10.4. The van der Waals surface area contributed by atoms with E-state index in [9.17, 15) is 0 Å². The molecule has 0 aromatic carbocycles. The minimum atomic E-state index is 0.462. The largest absolute Gasteiger partial charge is 0.383 e. The molecule has 0 bridgehead atoms. The summed E-state index contributed by atoms with van der Waals surface area (Å²) in [5.74, 6) is 2.44. The summed E-state index contributed by atoms with van der Waals surface area (Å²) in [6, 6.07) is 0.462. The van der Waals surface area contributed by atoms with Crippen molar-refractivity contribution in [3.8, 4) is 0 Å². The number of rotatable bonds is 6. The minimum absolute atomic E-state index is 0.462. The SMILES string of the molecule is CN=C(NCC1CCN(CCOC)CC1)N1CCC(C)C(n2ccnc2)C1. The number of methoxy groups -OCH3 is 1. The zero-order valence-electron chi connectivity index (χ0n) is 17.2. The van der Waals surface area contributed by atoms with Crippen LogP contribution in [0.3, 0.4) is 0 Å². The Labute approximate surface area is 163 Å². The number of nitrogens with one attached hydrogen (secondary N) is 1. The highest BCUT2D eigenvalue weighted by Gasteiger charge is 2.29. The van der Waals surface area contributed by atoms with Crippen LogP contribution in [-0.2, 0) is 4.74 Å². The monoisotopic (exact) mass is 376 g/mol. The lowest BCUT2D eigenvalue weighted by Gasteiger charge is -2.39. The fourth-order valence-electron chi connectivity index (χ4n) is 4.30. The second-order valence-electron chi connectivity index (χ2n) is 8.00. The second kappa shape index (κ2) is 10.1. The molecule has 0 saturated carbocycles. The van der Waals surface area contributed by atoms with Gasteiger partial charge in [-0.2, -0.15) is 0 Å². The van der Waals surface area contributed by atoms with E-state index < -0.39 is 0 Å². The van der Waals surface area contributed by atoms with Gasteiger partial charge in [-0.15, -0.1) is 0 Å². The zero-order valence-corrected chi connectivity index (χ0v) is 17.2. The fourth-order valence-corrected chi connectivity index (χ4v) is 4.30. The van der Waals surface area contributed by atoms with Gasteiger partial charge in [-0.3, -0.25) is 4.99 Å². The number of aromatic nitrogens is 2. The van der Waals surface area contributed by atoms with Gasteiger partial charge in [0, 0.05) is 52.7 Å². The molecular formula is C20H36N6O. The van der Waals surface area contributed by atoms with E-state index in [2.05, 4.69) is 42.8 Å². The standard InChI is InChI=1S/C20H36N6O/c1-17-4-10-25(15-19(17)26-11-7-22-16-26)20(21-2)23-14-18-5-8-24(9-6-18)12-13-27-3/h7,11,16-19H,4-6,8-10,12-15H2,1-3H3,(H,21,23). The minimum Gasteiger partial charge on any atom is -0.383 e. The fraction of sp³-hybridized carbons (Fsp3) is 0.800. The van der Waals surface area contributed by atoms with E-state index in [0.717, 1.165) is 44.7 Å². The highest BCUT2D eigenvalue weighted by atomic mass is 16.5. The number of imidazole rings is 1. The van der Waals surface area contributed by atoms with E-state index in [1.54, 1.807) is 7.11 Å². The molecule has 3 heterocycles. The molecule has 0 radical (unpaired) electrons. The maximum Gasteiger partial charge on any atom is 0.193 e. The molecular weight excluding hydrogens is 340 g/mol. The van der Waals surface area contributed by atoms with Crippen LogP contribution in [-0.4, -0.2) is 85.3 Å². The molecule has 1 aromatic rings. The Morgan fingerprint density at radius 1 is 1.26 bits per heavy atom. The number of aliphatic imine (C=N–C) groups is 1. The Kier molecular flexibility index (Phi) is 7.52. The van der Waals surface area contributed by atoms with Crippen LogP contribution in [0.4, 0.5) is 0 Å². The number of hydrogen-bond acceptors (Lipinski definition) is 4. The van der Waals surface area contributed by atoms with Crippen molar-refractivity contribution in [3.05, 3.63) is 18.7 Å². The summed E-state index contributed by atoms with van der Waals surface area (Å²) in [5.41, 5.74) is 0. The molecule has 0 amide bonds. The molecule has 2 aliphatic heterocycles. The Balaban J connectivity index is 1.47. The summed E-state index contributed by atoms with van der Waals surface area (Å²) in [5, 5.41) is 3.66. The van der Waals surface area contributed by atoms with E-state index in [1.807, 2.05) is 19.6 Å². The summed E-state index contributed by atoms with van der Waals surface area (Å²) >= 11 is 0. The van der Waals surface area contributed by atoms with Crippen LogP contribution in [0.5, 0.6) is 0 Å². The second-order valence-corrected chi connectivity index (χ2v) is 8.00. The Morgan fingerprint density at radius 2 is 2.07 bits per heavy atom. The topological polar surface area (TPSA) is 57.9 Å². The van der Waals surface area contributed by atoms with Crippen LogP contribution in [0, 0.1) is 11.8 Å². The Hall–Kier alpha value is -1.60. The average molecular weight is 377 g/mol.